The molecule has 3 aliphatic heterocycles. The molecule has 3 aromatic rings. The Morgan fingerprint density at radius 2 is 1.58 bits per heavy atom. The summed E-state index contributed by atoms with van der Waals surface area (Å²) in [6.45, 7) is 7.67. The SMILES string of the molecule is C=CCN(C(=O)[C@@H]1[C@H]2C(=O)N([C@H](CO)c3ccccc3)C(C(=O)N(CC=C)c3ccccc3Cl)C23CC[C@H]1O3)c1ccccc1. The van der Waals surface area contributed by atoms with Gasteiger partial charge in [-0.25, -0.2) is 0 Å². The molecule has 2 bridgehead atoms. The molecular weight excluding hydrogens is 590 g/mol. The van der Waals surface area contributed by atoms with Crippen LogP contribution in [0.15, 0.2) is 110 Å². The van der Waals surface area contributed by atoms with Gasteiger partial charge in [0.05, 0.1) is 41.3 Å². The first-order chi connectivity index (χ1) is 21.9. The average Bonchev–Trinajstić information content (AvgIpc) is 3.71. The van der Waals surface area contributed by atoms with E-state index in [1.165, 1.54) is 9.80 Å². The summed E-state index contributed by atoms with van der Waals surface area (Å²) in [5.41, 5.74) is 0.546. The summed E-state index contributed by atoms with van der Waals surface area (Å²) in [6.07, 6.45) is 3.63. The lowest BCUT2D eigenvalue weighted by Crippen LogP contribution is -2.57. The number of carbonyl (C=O) groups excluding carboxylic acids is 3. The van der Waals surface area contributed by atoms with Crippen molar-refractivity contribution in [2.45, 2.75) is 36.6 Å². The molecule has 1 spiro atoms. The van der Waals surface area contributed by atoms with E-state index in [9.17, 15) is 19.5 Å². The van der Waals surface area contributed by atoms with Crippen molar-refractivity contribution >= 4 is 40.7 Å². The van der Waals surface area contributed by atoms with Gasteiger partial charge in [0.15, 0.2) is 0 Å². The zero-order valence-corrected chi connectivity index (χ0v) is 25.6. The van der Waals surface area contributed by atoms with Gasteiger partial charge in [0, 0.05) is 18.8 Å². The Kier molecular flexibility index (Phi) is 8.64. The minimum absolute atomic E-state index is 0.129. The molecule has 3 fully saturated rings. The lowest BCUT2D eigenvalue weighted by atomic mass is 9.70. The second-order valence-corrected chi connectivity index (χ2v) is 12.1. The van der Waals surface area contributed by atoms with Crippen LogP contribution in [0.5, 0.6) is 0 Å². The maximum Gasteiger partial charge on any atom is 0.253 e. The number of hydrogen-bond donors (Lipinski definition) is 1. The van der Waals surface area contributed by atoms with Crippen molar-refractivity contribution in [3.05, 3.63) is 121 Å². The summed E-state index contributed by atoms with van der Waals surface area (Å²) in [5, 5.41) is 11.2. The third kappa shape index (κ3) is 5.07. The van der Waals surface area contributed by atoms with Gasteiger partial charge in [-0.2, -0.15) is 0 Å². The second kappa shape index (κ2) is 12.6. The van der Waals surface area contributed by atoms with Gasteiger partial charge in [-0.3, -0.25) is 14.4 Å². The van der Waals surface area contributed by atoms with Gasteiger partial charge in [-0.15, -0.1) is 13.2 Å². The highest BCUT2D eigenvalue weighted by molar-refractivity contribution is 6.34. The summed E-state index contributed by atoms with van der Waals surface area (Å²) in [7, 11) is 0. The van der Waals surface area contributed by atoms with Gasteiger partial charge >= 0.3 is 0 Å². The van der Waals surface area contributed by atoms with Crippen molar-refractivity contribution in [3.8, 4) is 0 Å². The van der Waals surface area contributed by atoms with E-state index < -0.39 is 48.1 Å². The molecule has 232 valence electrons. The molecule has 0 aliphatic carbocycles. The van der Waals surface area contributed by atoms with E-state index >= 15 is 0 Å². The van der Waals surface area contributed by atoms with Crippen LogP contribution in [0, 0.1) is 11.8 Å². The van der Waals surface area contributed by atoms with Crippen LogP contribution in [-0.4, -0.2) is 65.2 Å². The zero-order chi connectivity index (χ0) is 31.7. The number of aliphatic hydroxyl groups excluding tert-OH is 1. The highest BCUT2D eigenvalue weighted by atomic mass is 35.5. The van der Waals surface area contributed by atoms with Gasteiger partial charge in [0.2, 0.25) is 11.8 Å². The largest absolute Gasteiger partial charge is 0.394 e. The minimum Gasteiger partial charge on any atom is -0.394 e. The first kappa shape index (κ1) is 30.8. The first-order valence-electron chi connectivity index (χ1n) is 15.2. The molecule has 1 N–H and O–H groups in total. The van der Waals surface area contributed by atoms with Crippen LogP contribution in [0.2, 0.25) is 5.02 Å². The third-order valence-corrected chi connectivity index (χ3v) is 9.64. The molecule has 3 aromatic carbocycles. The zero-order valence-electron chi connectivity index (χ0n) is 24.9. The van der Waals surface area contributed by atoms with E-state index in [0.717, 1.165) is 0 Å². The maximum absolute atomic E-state index is 14.9. The molecule has 6 atom stereocenters. The van der Waals surface area contributed by atoms with E-state index in [1.807, 2.05) is 60.7 Å². The van der Waals surface area contributed by atoms with Crippen LogP contribution in [0.3, 0.4) is 0 Å². The smallest absolute Gasteiger partial charge is 0.253 e. The van der Waals surface area contributed by atoms with Crippen molar-refractivity contribution < 1.29 is 24.2 Å². The molecule has 3 aliphatic rings. The number of aliphatic hydroxyl groups is 1. The van der Waals surface area contributed by atoms with Crippen LogP contribution >= 0.6 is 11.6 Å². The number of halogens is 1. The van der Waals surface area contributed by atoms with Gasteiger partial charge in [0.25, 0.3) is 5.91 Å². The number of benzene rings is 3. The van der Waals surface area contributed by atoms with Crippen LogP contribution in [0.25, 0.3) is 0 Å². The topological polar surface area (TPSA) is 90.4 Å². The van der Waals surface area contributed by atoms with Crippen LogP contribution in [0.4, 0.5) is 11.4 Å². The molecule has 0 saturated carbocycles. The Morgan fingerprint density at radius 3 is 2.22 bits per heavy atom. The molecule has 0 radical (unpaired) electrons. The standard InChI is InChI=1S/C36H36ClN3O5/c1-3-21-38(25-15-9-6-10-16-25)33(42)30-29-19-20-36(45-29)31(30)34(43)40(28(23-41)24-13-7-5-8-14-24)32(36)35(44)39(22-4-2)27-18-12-11-17-26(27)37/h3-18,28-32,41H,1-2,19-23H2/t28-,29-,30+,31+,32?,36?/m1/s1. The number of ether oxygens (including phenoxy) is 1. The highest BCUT2D eigenvalue weighted by Gasteiger charge is 2.75. The molecule has 3 saturated heterocycles. The second-order valence-electron chi connectivity index (χ2n) is 11.7. The van der Waals surface area contributed by atoms with Gasteiger partial charge in [0.1, 0.15) is 11.6 Å². The lowest BCUT2D eigenvalue weighted by molar-refractivity contribution is -0.144. The summed E-state index contributed by atoms with van der Waals surface area (Å²) in [4.78, 5) is 48.8. The highest BCUT2D eigenvalue weighted by Crippen LogP contribution is 2.60. The molecule has 6 rings (SSSR count). The fraction of sp³-hybridized carbons (Fsp3) is 0.306. The number of para-hydroxylation sites is 2. The van der Waals surface area contributed by atoms with E-state index in [2.05, 4.69) is 13.2 Å². The fourth-order valence-corrected chi connectivity index (χ4v) is 7.75. The molecule has 45 heavy (non-hydrogen) atoms. The van der Waals surface area contributed by atoms with Crippen molar-refractivity contribution in [2.75, 3.05) is 29.5 Å². The number of hydrogen-bond acceptors (Lipinski definition) is 5. The number of amides is 3. The molecule has 2 unspecified atom stereocenters. The molecule has 8 nitrogen and oxygen atoms in total. The quantitative estimate of drug-likeness (QED) is 0.297. The summed E-state index contributed by atoms with van der Waals surface area (Å²) < 4.78 is 6.72. The Labute approximate surface area is 268 Å². The monoisotopic (exact) mass is 625 g/mol. The Hall–Kier alpha value is -4.24. The Balaban J connectivity index is 1.48. The number of likely N-dealkylation sites (tertiary alicyclic amines) is 1. The predicted octanol–water partition coefficient (Wildman–Crippen LogP) is 5.19. The third-order valence-electron chi connectivity index (χ3n) is 9.32. The number of fused-ring (bicyclic) bond motifs is 1. The number of carbonyl (C=O) groups is 3. The van der Waals surface area contributed by atoms with E-state index in [-0.39, 0.29) is 24.9 Å². The van der Waals surface area contributed by atoms with Crippen LogP contribution in [-0.2, 0) is 19.1 Å². The van der Waals surface area contributed by atoms with Crippen molar-refractivity contribution in [3.63, 3.8) is 0 Å². The van der Waals surface area contributed by atoms with Gasteiger partial charge in [-0.05, 0) is 42.7 Å². The molecule has 0 aromatic heterocycles. The minimum atomic E-state index is -1.28. The summed E-state index contributed by atoms with van der Waals surface area (Å²) >= 11 is 6.59. The van der Waals surface area contributed by atoms with E-state index in [0.29, 0.717) is 34.8 Å². The molecule has 3 heterocycles. The normalized spacial score (nSPS) is 25.5. The predicted molar refractivity (Wildman–Crippen MR) is 174 cm³/mol. The number of rotatable bonds is 11. The maximum atomic E-state index is 14.9. The van der Waals surface area contributed by atoms with Crippen molar-refractivity contribution in [2.24, 2.45) is 11.8 Å². The van der Waals surface area contributed by atoms with Crippen LogP contribution < -0.4 is 9.80 Å². The molecule has 9 heteroatoms. The molecular formula is C36H36ClN3O5. The van der Waals surface area contributed by atoms with E-state index in [1.54, 1.807) is 41.3 Å². The Morgan fingerprint density at radius 1 is 0.956 bits per heavy atom. The van der Waals surface area contributed by atoms with Crippen molar-refractivity contribution in [1.29, 1.82) is 0 Å². The van der Waals surface area contributed by atoms with Crippen LogP contribution in [0.1, 0.15) is 24.4 Å². The lowest BCUT2D eigenvalue weighted by Gasteiger charge is -2.39. The number of anilines is 2. The van der Waals surface area contributed by atoms with Crippen molar-refractivity contribution in [1.82, 2.24) is 4.90 Å². The number of nitrogens with zero attached hydrogens (tertiary/aromatic N) is 3. The Bertz CT molecular complexity index is 1600. The average molecular weight is 626 g/mol. The van der Waals surface area contributed by atoms with Gasteiger partial charge in [-0.1, -0.05) is 84.4 Å². The van der Waals surface area contributed by atoms with Gasteiger partial charge < -0.3 is 24.5 Å². The van der Waals surface area contributed by atoms with E-state index in [4.69, 9.17) is 16.3 Å². The summed E-state index contributed by atoms with van der Waals surface area (Å²) in [5.74, 6) is -2.80. The summed E-state index contributed by atoms with van der Waals surface area (Å²) in [6, 6.07) is 23.4. The fourth-order valence-electron chi connectivity index (χ4n) is 7.51. The molecule has 3 amide bonds. The first-order valence-corrected chi connectivity index (χ1v) is 15.6.